The molecule has 6 heteroatoms. The summed E-state index contributed by atoms with van der Waals surface area (Å²) in [5, 5.41) is 10.1. The molecule has 0 N–H and O–H groups in total. The van der Waals surface area contributed by atoms with Crippen LogP contribution in [0.1, 0.15) is 0 Å². The maximum Gasteiger partial charge on any atom is 0.268 e. The van der Waals surface area contributed by atoms with Crippen LogP contribution in [-0.4, -0.2) is 20.2 Å². The van der Waals surface area contributed by atoms with Gasteiger partial charge in [-0.2, -0.15) is 0 Å². The van der Waals surface area contributed by atoms with Gasteiger partial charge < -0.3 is 4.42 Å². The minimum atomic E-state index is 0.369. The van der Waals surface area contributed by atoms with E-state index in [4.69, 9.17) is 4.42 Å². The van der Waals surface area contributed by atoms with Crippen LogP contribution in [0, 0.1) is 0 Å². The zero-order valence-electron chi connectivity index (χ0n) is 11.4. The number of nitrogens with zero attached hydrogens (tertiary/aromatic N) is 4. The third kappa shape index (κ3) is 2.40. The van der Waals surface area contributed by atoms with E-state index in [0.717, 1.165) is 16.1 Å². The van der Waals surface area contributed by atoms with E-state index in [-0.39, 0.29) is 0 Å². The van der Waals surface area contributed by atoms with Crippen LogP contribution >= 0.6 is 11.3 Å². The van der Waals surface area contributed by atoms with Gasteiger partial charge in [0.05, 0.1) is 23.0 Å². The molecule has 1 aromatic carbocycles. The molecular weight excluding hydrogens is 296 g/mol. The number of hydrogen-bond donors (Lipinski definition) is 0. The molecule has 0 amide bonds. The molecule has 106 valence electrons. The van der Waals surface area contributed by atoms with Crippen molar-refractivity contribution in [3.63, 3.8) is 0 Å². The van der Waals surface area contributed by atoms with Crippen molar-refractivity contribution in [2.75, 3.05) is 0 Å². The van der Waals surface area contributed by atoms with E-state index in [1.165, 1.54) is 0 Å². The highest BCUT2D eigenvalue weighted by molar-refractivity contribution is 7.13. The maximum absolute atomic E-state index is 5.69. The first kappa shape index (κ1) is 12.8. The average Bonchev–Trinajstić information content (AvgIpc) is 3.27. The summed E-state index contributed by atoms with van der Waals surface area (Å²) in [7, 11) is 0. The van der Waals surface area contributed by atoms with Gasteiger partial charge in [-0.05, 0) is 11.4 Å². The molecule has 0 spiro atoms. The molecule has 3 heterocycles. The lowest BCUT2D eigenvalue weighted by atomic mass is 10.2. The van der Waals surface area contributed by atoms with Gasteiger partial charge in [0, 0.05) is 5.56 Å². The van der Waals surface area contributed by atoms with E-state index in [0.29, 0.717) is 17.5 Å². The minimum Gasteiger partial charge on any atom is -0.414 e. The van der Waals surface area contributed by atoms with Crippen LogP contribution in [0.5, 0.6) is 0 Å². The Labute approximate surface area is 130 Å². The zero-order valence-corrected chi connectivity index (χ0v) is 12.2. The monoisotopic (exact) mass is 306 g/mol. The molecule has 0 atom stereocenters. The highest BCUT2D eigenvalue weighted by Crippen LogP contribution is 2.26. The van der Waals surface area contributed by atoms with Crippen molar-refractivity contribution in [2.24, 2.45) is 0 Å². The van der Waals surface area contributed by atoms with Gasteiger partial charge in [0.25, 0.3) is 11.8 Å². The number of benzene rings is 1. The predicted molar refractivity (Wildman–Crippen MR) is 84.1 cm³/mol. The number of thiophene rings is 1. The minimum absolute atomic E-state index is 0.369. The Morgan fingerprint density at radius 1 is 0.818 bits per heavy atom. The summed E-state index contributed by atoms with van der Waals surface area (Å²) in [6.45, 7) is 0. The Balaban J connectivity index is 1.72. The van der Waals surface area contributed by atoms with Crippen molar-refractivity contribution in [3.8, 4) is 33.6 Å². The Bertz CT molecular complexity index is 887. The van der Waals surface area contributed by atoms with E-state index >= 15 is 0 Å². The van der Waals surface area contributed by atoms with Crippen molar-refractivity contribution in [2.45, 2.75) is 0 Å². The first-order valence-corrected chi connectivity index (χ1v) is 7.53. The smallest absolute Gasteiger partial charge is 0.268 e. The highest BCUT2D eigenvalue weighted by Gasteiger charge is 2.13. The average molecular weight is 306 g/mol. The maximum atomic E-state index is 5.69. The summed E-state index contributed by atoms with van der Waals surface area (Å²) in [6, 6.07) is 13.7. The third-order valence-electron chi connectivity index (χ3n) is 3.08. The van der Waals surface area contributed by atoms with Crippen LogP contribution < -0.4 is 0 Å². The predicted octanol–water partition coefficient (Wildman–Crippen LogP) is 3.92. The molecule has 0 aliphatic heterocycles. The topological polar surface area (TPSA) is 64.7 Å². The normalized spacial score (nSPS) is 10.7. The molecule has 0 saturated heterocycles. The van der Waals surface area contributed by atoms with Crippen molar-refractivity contribution in [1.82, 2.24) is 20.2 Å². The molecule has 0 saturated carbocycles. The lowest BCUT2D eigenvalue weighted by Crippen LogP contribution is -1.90. The Morgan fingerprint density at radius 3 is 2.45 bits per heavy atom. The zero-order chi connectivity index (χ0) is 14.8. The van der Waals surface area contributed by atoms with Gasteiger partial charge >= 0.3 is 0 Å². The van der Waals surface area contributed by atoms with Crippen molar-refractivity contribution >= 4 is 11.3 Å². The van der Waals surface area contributed by atoms with Crippen LogP contribution in [0.25, 0.3) is 33.6 Å². The summed E-state index contributed by atoms with van der Waals surface area (Å²) < 4.78 is 5.69. The fourth-order valence-corrected chi connectivity index (χ4v) is 2.69. The van der Waals surface area contributed by atoms with Gasteiger partial charge in [0.1, 0.15) is 5.69 Å². The Kier molecular flexibility index (Phi) is 3.21. The van der Waals surface area contributed by atoms with Gasteiger partial charge in [-0.1, -0.05) is 36.4 Å². The van der Waals surface area contributed by atoms with Crippen molar-refractivity contribution < 1.29 is 4.42 Å². The lowest BCUT2D eigenvalue weighted by molar-refractivity contribution is 0.583. The van der Waals surface area contributed by atoms with Crippen LogP contribution in [0.15, 0.2) is 64.7 Å². The van der Waals surface area contributed by atoms with Crippen LogP contribution in [0.2, 0.25) is 0 Å². The second-order valence-corrected chi connectivity index (χ2v) is 5.49. The molecule has 22 heavy (non-hydrogen) atoms. The van der Waals surface area contributed by atoms with Gasteiger partial charge in [-0.25, -0.2) is 4.98 Å². The second-order valence-electron chi connectivity index (χ2n) is 4.55. The van der Waals surface area contributed by atoms with Crippen LogP contribution in [0.3, 0.4) is 0 Å². The first-order valence-electron chi connectivity index (χ1n) is 6.65. The summed E-state index contributed by atoms with van der Waals surface area (Å²) in [5.74, 6) is 0.866. The number of aromatic nitrogens is 4. The van der Waals surface area contributed by atoms with Gasteiger partial charge in [0.15, 0.2) is 0 Å². The SMILES string of the molecule is c1ccc(-c2cncc(-c3nnc(-c4cccs4)o3)n2)cc1. The largest absolute Gasteiger partial charge is 0.414 e. The molecule has 0 aliphatic rings. The highest BCUT2D eigenvalue weighted by atomic mass is 32.1. The number of rotatable bonds is 3. The molecule has 3 aromatic heterocycles. The molecular formula is C16H10N4OS. The van der Waals surface area contributed by atoms with E-state index in [1.807, 2.05) is 47.8 Å². The van der Waals surface area contributed by atoms with E-state index < -0.39 is 0 Å². The standard InChI is InChI=1S/C16H10N4OS/c1-2-5-11(6-3-1)12-9-17-10-13(18-12)15-19-20-16(21-15)14-7-4-8-22-14/h1-10H. The van der Waals surface area contributed by atoms with E-state index in [9.17, 15) is 0 Å². The molecule has 0 bridgehead atoms. The molecule has 0 radical (unpaired) electrons. The lowest BCUT2D eigenvalue weighted by Gasteiger charge is -2.00. The Hall–Kier alpha value is -2.86. The summed E-state index contributed by atoms with van der Waals surface area (Å²) in [5.41, 5.74) is 2.33. The molecule has 0 aliphatic carbocycles. The number of hydrogen-bond acceptors (Lipinski definition) is 6. The first-order chi connectivity index (χ1) is 10.9. The molecule has 0 fully saturated rings. The fourth-order valence-electron chi connectivity index (χ4n) is 2.04. The van der Waals surface area contributed by atoms with Gasteiger partial charge in [0.2, 0.25) is 0 Å². The van der Waals surface area contributed by atoms with E-state index in [1.54, 1.807) is 23.7 Å². The van der Waals surface area contributed by atoms with Crippen molar-refractivity contribution in [3.05, 3.63) is 60.2 Å². The molecule has 4 rings (SSSR count). The van der Waals surface area contributed by atoms with Gasteiger partial charge in [-0.15, -0.1) is 21.5 Å². The van der Waals surface area contributed by atoms with Crippen LogP contribution in [0.4, 0.5) is 0 Å². The van der Waals surface area contributed by atoms with Gasteiger partial charge in [-0.3, -0.25) is 4.98 Å². The summed E-state index contributed by atoms with van der Waals surface area (Å²) in [6.07, 6.45) is 3.34. The summed E-state index contributed by atoms with van der Waals surface area (Å²) >= 11 is 1.55. The van der Waals surface area contributed by atoms with Crippen LogP contribution in [-0.2, 0) is 0 Å². The Morgan fingerprint density at radius 2 is 1.64 bits per heavy atom. The van der Waals surface area contributed by atoms with Crippen molar-refractivity contribution in [1.29, 1.82) is 0 Å². The molecule has 4 aromatic rings. The summed E-state index contributed by atoms with van der Waals surface area (Å²) in [4.78, 5) is 9.71. The molecule has 0 unspecified atom stereocenters. The molecule has 5 nitrogen and oxygen atoms in total. The fraction of sp³-hybridized carbons (Fsp3) is 0. The quantitative estimate of drug-likeness (QED) is 0.574. The second kappa shape index (κ2) is 5.50. The third-order valence-corrected chi connectivity index (χ3v) is 3.94. The van der Waals surface area contributed by atoms with E-state index in [2.05, 4.69) is 20.2 Å².